The summed E-state index contributed by atoms with van der Waals surface area (Å²) in [5, 5.41) is 9.10. The molecule has 7 nitrogen and oxygen atoms in total. The summed E-state index contributed by atoms with van der Waals surface area (Å²) >= 11 is 0. The highest BCUT2D eigenvalue weighted by atomic mass is 32.2. The van der Waals surface area contributed by atoms with Gasteiger partial charge in [-0.3, -0.25) is 14.1 Å². The molecule has 0 aromatic heterocycles. The number of allylic oxidation sites excluding steroid dienone is 2. The van der Waals surface area contributed by atoms with Crippen molar-refractivity contribution < 1.29 is 27.7 Å². The Labute approximate surface area is 182 Å². The molecule has 1 atom stereocenters. The van der Waals surface area contributed by atoms with Gasteiger partial charge >= 0.3 is 5.97 Å². The van der Waals surface area contributed by atoms with Crippen LogP contribution in [0.2, 0.25) is 0 Å². The molecule has 176 valence electrons. The first-order valence-corrected chi connectivity index (χ1v) is 12.9. The van der Waals surface area contributed by atoms with E-state index >= 15 is 0 Å². The van der Waals surface area contributed by atoms with Crippen LogP contribution in [0.15, 0.2) is 12.2 Å². The smallest absolute Gasteiger partial charge is 0.305 e. The van der Waals surface area contributed by atoms with E-state index in [1.54, 1.807) is 0 Å². The van der Waals surface area contributed by atoms with Gasteiger partial charge in [0.1, 0.15) is 0 Å². The van der Waals surface area contributed by atoms with Gasteiger partial charge in [0.25, 0.3) is 10.1 Å². The third kappa shape index (κ3) is 17.4. The SMILES string of the molecule is CCCCCCCCC=CCCCCCCCCNC(=O)C(CC(=O)O)S(=O)(=O)O. The van der Waals surface area contributed by atoms with Gasteiger partial charge in [-0.05, 0) is 32.1 Å². The van der Waals surface area contributed by atoms with Gasteiger partial charge in [-0.2, -0.15) is 8.42 Å². The van der Waals surface area contributed by atoms with E-state index in [-0.39, 0.29) is 6.54 Å². The summed E-state index contributed by atoms with van der Waals surface area (Å²) in [5.41, 5.74) is 0. The van der Waals surface area contributed by atoms with Gasteiger partial charge in [0.15, 0.2) is 5.25 Å². The van der Waals surface area contributed by atoms with E-state index in [1.165, 1.54) is 51.4 Å². The maximum absolute atomic E-state index is 11.8. The van der Waals surface area contributed by atoms with Gasteiger partial charge in [-0.1, -0.05) is 76.9 Å². The molecule has 0 aliphatic carbocycles. The summed E-state index contributed by atoms with van der Waals surface area (Å²) in [4.78, 5) is 22.4. The number of aliphatic carboxylic acids is 1. The number of unbranched alkanes of at least 4 members (excludes halogenated alkanes) is 12. The molecule has 8 heteroatoms. The molecule has 1 amide bonds. The van der Waals surface area contributed by atoms with Crippen LogP contribution >= 0.6 is 0 Å². The van der Waals surface area contributed by atoms with Gasteiger partial charge in [-0.15, -0.1) is 0 Å². The third-order valence-electron chi connectivity index (χ3n) is 5.00. The Morgan fingerprint density at radius 3 is 1.77 bits per heavy atom. The molecule has 0 spiro atoms. The summed E-state index contributed by atoms with van der Waals surface area (Å²) in [5.74, 6) is -2.42. The van der Waals surface area contributed by atoms with Crippen LogP contribution in [0.3, 0.4) is 0 Å². The fraction of sp³-hybridized carbons (Fsp3) is 0.818. The first-order valence-electron chi connectivity index (χ1n) is 11.4. The van der Waals surface area contributed by atoms with Gasteiger partial charge in [-0.25, -0.2) is 0 Å². The van der Waals surface area contributed by atoms with Crippen molar-refractivity contribution in [2.45, 2.75) is 108 Å². The van der Waals surface area contributed by atoms with Crippen molar-refractivity contribution in [3.63, 3.8) is 0 Å². The third-order valence-corrected chi connectivity index (χ3v) is 6.10. The summed E-state index contributed by atoms with van der Waals surface area (Å²) in [6, 6.07) is 0. The van der Waals surface area contributed by atoms with Crippen molar-refractivity contribution in [1.82, 2.24) is 5.32 Å². The lowest BCUT2D eigenvalue weighted by molar-refractivity contribution is -0.138. The molecule has 0 rings (SSSR count). The van der Waals surface area contributed by atoms with Crippen LogP contribution in [0.5, 0.6) is 0 Å². The van der Waals surface area contributed by atoms with Crippen molar-refractivity contribution in [1.29, 1.82) is 0 Å². The minimum absolute atomic E-state index is 0.269. The predicted octanol–water partition coefficient (Wildman–Crippen LogP) is 4.87. The molecule has 0 aliphatic rings. The van der Waals surface area contributed by atoms with E-state index in [1.807, 2.05) is 0 Å². The number of carbonyl (C=O) groups excluding carboxylic acids is 1. The van der Waals surface area contributed by atoms with Crippen LogP contribution in [-0.2, 0) is 19.7 Å². The van der Waals surface area contributed by atoms with E-state index in [2.05, 4.69) is 24.4 Å². The first-order chi connectivity index (χ1) is 14.3. The lowest BCUT2D eigenvalue weighted by Crippen LogP contribution is -2.41. The molecule has 0 radical (unpaired) electrons. The molecule has 0 aliphatic heterocycles. The van der Waals surface area contributed by atoms with Gasteiger partial charge in [0.05, 0.1) is 6.42 Å². The molecule has 0 bridgehead atoms. The zero-order chi connectivity index (χ0) is 22.7. The quantitative estimate of drug-likeness (QED) is 0.139. The maximum atomic E-state index is 11.8. The second-order valence-electron chi connectivity index (χ2n) is 7.83. The van der Waals surface area contributed by atoms with Gasteiger partial charge < -0.3 is 10.4 Å². The van der Waals surface area contributed by atoms with Crippen LogP contribution in [-0.4, -0.2) is 41.7 Å². The lowest BCUT2D eigenvalue weighted by atomic mass is 10.1. The second-order valence-corrected chi connectivity index (χ2v) is 9.43. The van der Waals surface area contributed by atoms with Crippen molar-refractivity contribution in [2.75, 3.05) is 6.54 Å². The van der Waals surface area contributed by atoms with Crippen molar-refractivity contribution in [3.8, 4) is 0 Å². The molecule has 0 aromatic carbocycles. The van der Waals surface area contributed by atoms with E-state index in [9.17, 15) is 18.0 Å². The van der Waals surface area contributed by atoms with Crippen LogP contribution in [0.1, 0.15) is 103 Å². The Morgan fingerprint density at radius 1 is 0.833 bits per heavy atom. The highest BCUT2D eigenvalue weighted by Crippen LogP contribution is 2.10. The zero-order valence-electron chi connectivity index (χ0n) is 18.5. The van der Waals surface area contributed by atoms with Crippen LogP contribution in [0.25, 0.3) is 0 Å². The number of rotatable bonds is 20. The van der Waals surface area contributed by atoms with E-state index in [0.29, 0.717) is 6.42 Å². The van der Waals surface area contributed by atoms with Crippen molar-refractivity contribution >= 4 is 22.0 Å². The number of hydrogen-bond acceptors (Lipinski definition) is 4. The molecular weight excluding hydrogens is 406 g/mol. The Bertz CT molecular complexity index is 588. The van der Waals surface area contributed by atoms with E-state index in [0.717, 1.165) is 32.1 Å². The fourth-order valence-corrected chi connectivity index (χ4v) is 3.90. The standard InChI is InChI=1S/C22H41NO6S/c1-2-3-4-5-6-7-8-9-10-11-12-13-14-15-16-17-18-23-22(26)20(19-21(24)25)30(27,28)29/h9-10,20H,2-8,11-19H2,1H3,(H,23,26)(H,24,25)(H,27,28,29). The van der Waals surface area contributed by atoms with Gasteiger partial charge in [0, 0.05) is 6.54 Å². The highest BCUT2D eigenvalue weighted by molar-refractivity contribution is 7.87. The number of carboxylic acid groups (broad SMARTS) is 1. The van der Waals surface area contributed by atoms with E-state index in [4.69, 9.17) is 9.66 Å². The zero-order valence-corrected chi connectivity index (χ0v) is 19.3. The molecular formula is C22H41NO6S. The van der Waals surface area contributed by atoms with Crippen molar-refractivity contribution in [2.24, 2.45) is 0 Å². The minimum atomic E-state index is -4.73. The molecule has 3 N–H and O–H groups in total. The molecule has 0 saturated heterocycles. The number of amides is 1. The summed E-state index contributed by atoms with van der Waals surface area (Å²) in [6.07, 6.45) is 20.0. The summed E-state index contributed by atoms with van der Waals surface area (Å²) in [6.45, 7) is 2.51. The summed E-state index contributed by atoms with van der Waals surface area (Å²) < 4.78 is 31.2. The maximum Gasteiger partial charge on any atom is 0.305 e. The average molecular weight is 448 g/mol. The van der Waals surface area contributed by atoms with Crippen LogP contribution in [0, 0.1) is 0 Å². The Hall–Kier alpha value is -1.41. The lowest BCUT2D eigenvalue weighted by Gasteiger charge is -2.12. The van der Waals surface area contributed by atoms with Crippen LogP contribution in [0.4, 0.5) is 0 Å². The minimum Gasteiger partial charge on any atom is -0.481 e. The Balaban J connectivity index is 3.58. The summed E-state index contributed by atoms with van der Waals surface area (Å²) in [7, 11) is -4.73. The topological polar surface area (TPSA) is 121 Å². The first kappa shape index (κ1) is 28.6. The molecule has 0 saturated carbocycles. The predicted molar refractivity (Wildman–Crippen MR) is 120 cm³/mol. The average Bonchev–Trinajstić information content (AvgIpc) is 2.67. The molecule has 0 aromatic rings. The number of hydrogen-bond donors (Lipinski definition) is 3. The number of nitrogens with one attached hydrogen (secondary N) is 1. The van der Waals surface area contributed by atoms with E-state index < -0.39 is 33.7 Å². The second kappa shape index (κ2) is 18.4. The number of carbonyl (C=O) groups is 2. The Kier molecular flexibility index (Phi) is 17.5. The normalized spacial score (nSPS) is 12.9. The fourth-order valence-electron chi connectivity index (χ4n) is 3.19. The number of carboxylic acids is 1. The van der Waals surface area contributed by atoms with Crippen LogP contribution < -0.4 is 5.32 Å². The molecule has 1 unspecified atom stereocenters. The van der Waals surface area contributed by atoms with Crippen molar-refractivity contribution in [3.05, 3.63) is 12.2 Å². The molecule has 30 heavy (non-hydrogen) atoms. The largest absolute Gasteiger partial charge is 0.481 e. The molecule has 0 fully saturated rings. The van der Waals surface area contributed by atoms with Gasteiger partial charge in [0.2, 0.25) is 5.91 Å². The molecule has 0 heterocycles. The highest BCUT2D eigenvalue weighted by Gasteiger charge is 2.33. The Morgan fingerprint density at radius 2 is 1.30 bits per heavy atom. The monoisotopic (exact) mass is 447 g/mol.